The first-order valence-electron chi connectivity index (χ1n) is 4.87. The molecule has 0 aliphatic heterocycles. The summed E-state index contributed by atoms with van der Waals surface area (Å²) in [5.74, 6) is 4.95. The summed E-state index contributed by atoms with van der Waals surface area (Å²) in [6.07, 6.45) is -0.848. The highest BCUT2D eigenvalue weighted by Gasteiger charge is 2.19. The second kappa shape index (κ2) is 6.48. The molecule has 0 radical (unpaired) electrons. The van der Waals surface area contributed by atoms with Gasteiger partial charge in [-0.15, -0.1) is 0 Å². The Balaban J connectivity index is 2.78. The first-order valence-corrected chi connectivity index (χ1v) is 4.87. The fraction of sp³-hybridized carbons (Fsp3) is 0.273. The van der Waals surface area contributed by atoms with Gasteiger partial charge in [-0.1, -0.05) is 6.07 Å². The summed E-state index contributed by atoms with van der Waals surface area (Å²) in [6.45, 7) is 0.0693. The van der Waals surface area contributed by atoms with Crippen LogP contribution in [0.1, 0.15) is 5.56 Å². The highest BCUT2D eigenvalue weighted by atomic mass is 16.5. The summed E-state index contributed by atoms with van der Waals surface area (Å²) in [5, 5.41) is 8.73. The van der Waals surface area contributed by atoms with Gasteiger partial charge in [-0.05, 0) is 18.2 Å². The van der Waals surface area contributed by atoms with Crippen LogP contribution in [0.3, 0.4) is 0 Å². The minimum atomic E-state index is -0.848. The molecule has 17 heavy (non-hydrogen) atoms. The number of hydrogen-bond acceptors (Lipinski definition) is 5. The van der Waals surface area contributed by atoms with E-state index in [-0.39, 0.29) is 6.61 Å². The van der Waals surface area contributed by atoms with Gasteiger partial charge in [0.05, 0.1) is 18.2 Å². The normalized spacial score (nSPS) is 11.4. The van der Waals surface area contributed by atoms with Crippen molar-refractivity contribution in [2.24, 2.45) is 5.84 Å². The molecule has 6 nitrogen and oxygen atoms in total. The second-order valence-corrected chi connectivity index (χ2v) is 3.21. The summed E-state index contributed by atoms with van der Waals surface area (Å²) in [6, 6.07) is 8.46. The first kappa shape index (κ1) is 13.0. The van der Waals surface area contributed by atoms with Gasteiger partial charge in [-0.3, -0.25) is 10.2 Å². The quantitative estimate of drug-likeness (QED) is 0.423. The molecule has 0 aliphatic carbocycles. The van der Waals surface area contributed by atoms with Crippen molar-refractivity contribution in [1.82, 2.24) is 5.43 Å². The number of nitriles is 1. The second-order valence-electron chi connectivity index (χ2n) is 3.21. The molecule has 3 N–H and O–H groups in total. The maximum Gasteiger partial charge on any atom is 0.277 e. The van der Waals surface area contributed by atoms with E-state index in [1.807, 2.05) is 11.5 Å². The van der Waals surface area contributed by atoms with Crippen LogP contribution in [0.5, 0.6) is 5.75 Å². The predicted octanol–water partition coefficient (Wildman–Crippen LogP) is -0.0580. The average Bonchev–Trinajstić information content (AvgIpc) is 2.37. The van der Waals surface area contributed by atoms with E-state index >= 15 is 0 Å². The fourth-order valence-corrected chi connectivity index (χ4v) is 1.21. The molecular formula is C11H13N3O3. The van der Waals surface area contributed by atoms with Gasteiger partial charge in [-0.25, -0.2) is 5.84 Å². The molecule has 0 spiro atoms. The molecule has 1 unspecified atom stereocenters. The zero-order valence-electron chi connectivity index (χ0n) is 9.34. The molecule has 0 saturated carbocycles. The van der Waals surface area contributed by atoms with Crippen molar-refractivity contribution < 1.29 is 14.3 Å². The number of ether oxygens (including phenoxy) is 2. The lowest BCUT2D eigenvalue weighted by Crippen LogP contribution is -2.44. The zero-order chi connectivity index (χ0) is 12.7. The predicted molar refractivity (Wildman–Crippen MR) is 59.8 cm³/mol. The topological polar surface area (TPSA) is 97.4 Å². The van der Waals surface area contributed by atoms with Crippen LogP contribution in [0.25, 0.3) is 0 Å². The van der Waals surface area contributed by atoms with Gasteiger partial charge in [0.2, 0.25) is 6.10 Å². The smallest absolute Gasteiger partial charge is 0.277 e. The highest BCUT2D eigenvalue weighted by molar-refractivity contribution is 5.80. The number of nitrogens with zero attached hydrogens (tertiary/aromatic N) is 1. The lowest BCUT2D eigenvalue weighted by Gasteiger charge is -2.16. The van der Waals surface area contributed by atoms with Gasteiger partial charge in [0.1, 0.15) is 5.75 Å². The van der Waals surface area contributed by atoms with E-state index < -0.39 is 12.0 Å². The Morgan fingerprint density at radius 1 is 1.65 bits per heavy atom. The Bertz CT molecular complexity index is 428. The van der Waals surface area contributed by atoms with Crippen molar-refractivity contribution in [3.05, 3.63) is 29.8 Å². The van der Waals surface area contributed by atoms with Crippen molar-refractivity contribution in [3.63, 3.8) is 0 Å². The molecule has 1 amide bonds. The monoisotopic (exact) mass is 235 g/mol. The Morgan fingerprint density at radius 3 is 3.00 bits per heavy atom. The maximum atomic E-state index is 11.4. The molecule has 1 aromatic carbocycles. The summed E-state index contributed by atoms with van der Waals surface area (Å²) in [4.78, 5) is 11.4. The van der Waals surface area contributed by atoms with E-state index in [1.165, 1.54) is 13.2 Å². The maximum absolute atomic E-state index is 11.4. The number of amides is 1. The van der Waals surface area contributed by atoms with Crippen LogP contribution < -0.4 is 16.0 Å². The van der Waals surface area contributed by atoms with Crippen molar-refractivity contribution in [3.8, 4) is 11.8 Å². The largest absolute Gasteiger partial charge is 0.478 e. The Kier molecular flexibility index (Phi) is 4.94. The van der Waals surface area contributed by atoms with Crippen molar-refractivity contribution >= 4 is 5.91 Å². The zero-order valence-corrected chi connectivity index (χ0v) is 9.34. The number of nitrogens with two attached hydrogens (primary N) is 1. The van der Waals surface area contributed by atoms with Crippen LogP contribution in [-0.4, -0.2) is 25.7 Å². The molecule has 0 aliphatic rings. The number of carbonyl (C=O) groups is 1. The summed E-state index contributed by atoms with van der Waals surface area (Å²) < 4.78 is 10.2. The third-order valence-corrected chi connectivity index (χ3v) is 1.99. The Hall–Kier alpha value is -2.10. The molecule has 1 rings (SSSR count). The summed E-state index contributed by atoms with van der Waals surface area (Å²) in [7, 11) is 1.45. The number of rotatable bonds is 5. The van der Waals surface area contributed by atoms with Crippen LogP contribution >= 0.6 is 0 Å². The van der Waals surface area contributed by atoms with Gasteiger partial charge in [0, 0.05) is 7.11 Å². The highest BCUT2D eigenvalue weighted by Crippen LogP contribution is 2.14. The average molecular weight is 235 g/mol. The molecule has 90 valence electrons. The van der Waals surface area contributed by atoms with Gasteiger partial charge in [-0.2, -0.15) is 5.26 Å². The minimum absolute atomic E-state index is 0.0693. The van der Waals surface area contributed by atoms with E-state index in [0.29, 0.717) is 11.3 Å². The fourth-order valence-electron chi connectivity index (χ4n) is 1.21. The molecule has 0 bridgehead atoms. The van der Waals surface area contributed by atoms with E-state index in [2.05, 4.69) is 0 Å². The molecule has 1 atom stereocenters. The molecule has 6 heteroatoms. The van der Waals surface area contributed by atoms with Gasteiger partial charge in [0.25, 0.3) is 5.91 Å². The number of methoxy groups -OCH3 is 1. The van der Waals surface area contributed by atoms with Gasteiger partial charge in [0.15, 0.2) is 0 Å². The number of benzene rings is 1. The van der Waals surface area contributed by atoms with Crippen LogP contribution in [0.2, 0.25) is 0 Å². The van der Waals surface area contributed by atoms with Crippen LogP contribution in [0.15, 0.2) is 24.3 Å². The minimum Gasteiger partial charge on any atom is -0.478 e. The van der Waals surface area contributed by atoms with E-state index in [9.17, 15) is 4.79 Å². The Morgan fingerprint density at radius 2 is 2.41 bits per heavy atom. The lowest BCUT2D eigenvalue weighted by atomic mass is 10.2. The summed E-state index contributed by atoms with van der Waals surface area (Å²) in [5.41, 5.74) is 2.44. The van der Waals surface area contributed by atoms with Crippen molar-refractivity contribution in [2.45, 2.75) is 6.10 Å². The van der Waals surface area contributed by atoms with Crippen molar-refractivity contribution in [1.29, 1.82) is 5.26 Å². The van der Waals surface area contributed by atoms with Crippen molar-refractivity contribution in [2.75, 3.05) is 13.7 Å². The number of carbonyl (C=O) groups excluding carboxylic acids is 1. The van der Waals surface area contributed by atoms with E-state index in [1.54, 1.807) is 18.2 Å². The standard InChI is InChI=1S/C11H13N3O3/c1-16-7-10(11(15)14-13)17-9-4-2-3-8(5-9)6-12/h2-5,10H,7,13H2,1H3,(H,14,15). The lowest BCUT2D eigenvalue weighted by molar-refractivity contribution is -0.130. The van der Waals surface area contributed by atoms with Gasteiger partial charge < -0.3 is 9.47 Å². The first-order chi connectivity index (χ1) is 8.21. The molecule has 0 aromatic heterocycles. The number of hydrogen-bond donors (Lipinski definition) is 2. The van der Waals surface area contributed by atoms with E-state index in [0.717, 1.165) is 0 Å². The molecule has 1 aromatic rings. The number of hydrazine groups is 1. The third-order valence-electron chi connectivity index (χ3n) is 1.99. The molecule has 0 fully saturated rings. The SMILES string of the molecule is COCC(Oc1cccc(C#N)c1)C(=O)NN. The van der Waals surface area contributed by atoms with E-state index in [4.69, 9.17) is 20.6 Å². The number of nitrogens with one attached hydrogen (secondary N) is 1. The summed E-state index contributed by atoms with van der Waals surface area (Å²) >= 11 is 0. The Labute approximate surface area is 98.9 Å². The van der Waals surface area contributed by atoms with Gasteiger partial charge >= 0.3 is 0 Å². The van der Waals surface area contributed by atoms with Crippen LogP contribution in [0.4, 0.5) is 0 Å². The van der Waals surface area contributed by atoms with Crippen LogP contribution in [0, 0.1) is 11.3 Å². The third kappa shape index (κ3) is 3.75. The molecule has 0 saturated heterocycles. The van der Waals surface area contributed by atoms with Crippen LogP contribution in [-0.2, 0) is 9.53 Å². The molecular weight excluding hydrogens is 222 g/mol. The molecule has 0 heterocycles.